The van der Waals surface area contributed by atoms with Crippen molar-refractivity contribution in [3.63, 3.8) is 0 Å². The molecule has 7 heteroatoms. The van der Waals surface area contributed by atoms with E-state index in [2.05, 4.69) is 4.98 Å². The molecule has 1 aromatic heterocycles. The molecule has 0 aliphatic rings. The fourth-order valence-electron chi connectivity index (χ4n) is 2.10. The molecule has 0 bridgehead atoms. The van der Waals surface area contributed by atoms with E-state index in [1.54, 1.807) is 4.57 Å². The molecule has 3 nitrogen and oxygen atoms in total. The highest BCUT2D eigenvalue weighted by atomic mass is 32.1. The Kier molecular flexibility index (Phi) is 4.27. The SMILES string of the molecule is NC(=S)Cc1nc2ccccc2n1CCCC(F)(F)F. The van der Waals surface area contributed by atoms with Crippen molar-refractivity contribution in [2.75, 3.05) is 0 Å². The number of benzene rings is 1. The third-order valence-electron chi connectivity index (χ3n) is 2.91. The fourth-order valence-corrected chi connectivity index (χ4v) is 2.23. The van der Waals surface area contributed by atoms with Gasteiger partial charge in [-0.1, -0.05) is 24.4 Å². The van der Waals surface area contributed by atoms with E-state index < -0.39 is 12.6 Å². The van der Waals surface area contributed by atoms with Crippen LogP contribution in [0.2, 0.25) is 0 Å². The Labute approximate surface area is 119 Å². The molecule has 2 aromatic rings. The summed E-state index contributed by atoms with van der Waals surface area (Å²) in [6.07, 6.45) is -4.66. The number of aryl methyl sites for hydroxylation is 1. The number of rotatable bonds is 5. The average Bonchev–Trinajstić information content (AvgIpc) is 2.65. The van der Waals surface area contributed by atoms with Crippen LogP contribution < -0.4 is 5.73 Å². The zero-order chi connectivity index (χ0) is 14.8. The Bertz CT molecular complexity index is 619. The van der Waals surface area contributed by atoms with E-state index in [4.69, 9.17) is 18.0 Å². The fraction of sp³-hybridized carbons (Fsp3) is 0.385. The van der Waals surface area contributed by atoms with Crippen molar-refractivity contribution in [2.24, 2.45) is 5.73 Å². The minimum atomic E-state index is -4.14. The zero-order valence-corrected chi connectivity index (χ0v) is 11.5. The first kappa shape index (κ1) is 14.8. The quantitative estimate of drug-likeness (QED) is 0.862. The molecule has 0 fully saturated rings. The maximum absolute atomic E-state index is 12.2. The highest BCUT2D eigenvalue weighted by Gasteiger charge is 2.26. The monoisotopic (exact) mass is 301 g/mol. The van der Waals surface area contributed by atoms with E-state index in [0.717, 1.165) is 11.0 Å². The van der Waals surface area contributed by atoms with Gasteiger partial charge in [0.05, 0.1) is 22.4 Å². The maximum atomic E-state index is 12.2. The molecule has 1 aromatic carbocycles. The lowest BCUT2D eigenvalue weighted by Gasteiger charge is -2.10. The smallest absolute Gasteiger partial charge is 0.389 e. The number of fused-ring (bicyclic) bond motifs is 1. The predicted octanol–water partition coefficient (Wildman–Crippen LogP) is 3.21. The van der Waals surface area contributed by atoms with Crippen molar-refractivity contribution < 1.29 is 13.2 Å². The summed E-state index contributed by atoms with van der Waals surface area (Å²) >= 11 is 4.86. The molecule has 0 saturated carbocycles. The van der Waals surface area contributed by atoms with Crippen molar-refractivity contribution in [1.82, 2.24) is 9.55 Å². The van der Waals surface area contributed by atoms with Crippen LogP contribution in [0.25, 0.3) is 11.0 Å². The lowest BCUT2D eigenvalue weighted by atomic mass is 10.2. The molecule has 2 rings (SSSR count). The lowest BCUT2D eigenvalue weighted by Crippen LogP contribution is -2.16. The van der Waals surface area contributed by atoms with Gasteiger partial charge in [0, 0.05) is 13.0 Å². The number of thiocarbonyl (C=S) groups is 1. The van der Waals surface area contributed by atoms with Crippen LogP contribution in [0.4, 0.5) is 13.2 Å². The second-order valence-electron chi connectivity index (χ2n) is 4.53. The molecular weight excluding hydrogens is 287 g/mol. The summed E-state index contributed by atoms with van der Waals surface area (Å²) in [7, 11) is 0. The topological polar surface area (TPSA) is 43.8 Å². The molecule has 0 spiro atoms. The van der Waals surface area contributed by atoms with Gasteiger partial charge in [0.1, 0.15) is 5.82 Å². The summed E-state index contributed by atoms with van der Waals surface area (Å²) in [5.41, 5.74) is 7.06. The first-order valence-electron chi connectivity index (χ1n) is 6.16. The first-order chi connectivity index (χ1) is 9.37. The van der Waals surface area contributed by atoms with Gasteiger partial charge in [-0.05, 0) is 18.6 Å². The Morgan fingerprint density at radius 2 is 2.00 bits per heavy atom. The summed E-state index contributed by atoms with van der Waals surface area (Å²) in [6.45, 7) is 0.248. The summed E-state index contributed by atoms with van der Waals surface area (Å²) < 4.78 is 38.5. The van der Waals surface area contributed by atoms with Crippen molar-refractivity contribution >= 4 is 28.2 Å². The molecule has 1 heterocycles. The first-order valence-corrected chi connectivity index (χ1v) is 6.57. The predicted molar refractivity (Wildman–Crippen MR) is 75.5 cm³/mol. The number of halogens is 3. The Hall–Kier alpha value is -1.63. The van der Waals surface area contributed by atoms with Crippen LogP contribution in [-0.4, -0.2) is 20.7 Å². The molecule has 0 saturated heterocycles. The van der Waals surface area contributed by atoms with Crippen molar-refractivity contribution in [3.8, 4) is 0 Å². The minimum absolute atomic E-state index is 0.00812. The highest BCUT2D eigenvalue weighted by molar-refractivity contribution is 7.80. The van der Waals surface area contributed by atoms with E-state index in [1.165, 1.54) is 0 Å². The molecule has 2 N–H and O–H groups in total. The van der Waals surface area contributed by atoms with E-state index >= 15 is 0 Å². The normalized spacial score (nSPS) is 11.9. The van der Waals surface area contributed by atoms with Crippen LogP contribution >= 0.6 is 12.2 Å². The van der Waals surface area contributed by atoms with E-state index in [0.29, 0.717) is 5.82 Å². The van der Waals surface area contributed by atoms with Gasteiger partial charge in [-0.15, -0.1) is 0 Å². The van der Waals surface area contributed by atoms with Gasteiger partial charge in [-0.2, -0.15) is 13.2 Å². The highest BCUT2D eigenvalue weighted by Crippen LogP contribution is 2.23. The number of hydrogen-bond acceptors (Lipinski definition) is 2. The largest absolute Gasteiger partial charge is 0.393 e. The van der Waals surface area contributed by atoms with Gasteiger partial charge < -0.3 is 10.3 Å². The molecule has 0 aliphatic heterocycles. The third kappa shape index (κ3) is 3.69. The van der Waals surface area contributed by atoms with Crippen LogP contribution in [0.5, 0.6) is 0 Å². The standard InChI is InChI=1S/C13H14F3N3S/c14-13(15,16)6-3-7-19-10-5-2-1-4-9(10)18-12(19)8-11(17)20/h1-2,4-5H,3,6-8H2,(H2,17,20). The molecule has 0 radical (unpaired) electrons. The molecule has 0 amide bonds. The van der Waals surface area contributed by atoms with Gasteiger partial charge >= 0.3 is 6.18 Å². The Morgan fingerprint density at radius 1 is 1.30 bits per heavy atom. The second-order valence-corrected chi connectivity index (χ2v) is 5.05. The van der Waals surface area contributed by atoms with Crippen molar-refractivity contribution in [2.45, 2.75) is 32.0 Å². The summed E-state index contributed by atoms with van der Waals surface area (Å²) in [4.78, 5) is 4.66. The minimum Gasteiger partial charge on any atom is -0.393 e. The van der Waals surface area contributed by atoms with E-state index in [1.807, 2.05) is 24.3 Å². The molecular formula is C13H14F3N3S. The summed E-state index contributed by atoms with van der Waals surface area (Å²) in [5.74, 6) is 0.612. The number of para-hydroxylation sites is 2. The number of nitrogens with two attached hydrogens (primary N) is 1. The third-order valence-corrected chi connectivity index (χ3v) is 3.05. The Morgan fingerprint density at radius 3 is 2.65 bits per heavy atom. The molecule has 0 atom stereocenters. The number of hydrogen-bond donors (Lipinski definition) is 1. The van der Waals surface area contributed by atoms with Crippen molar-refractivity contribution in [1.29, 1.82) is 0 Å². The average molecular weight is 301 g/mol. The van der Waals surface area contributed by atoms with Crippen LogP contribution in [0.15, 0.2) is 24.3 Å². The van der Waals surface area contributed by atoms with Gasteiger partial charge in [0.2, 0.25) is 0 Å². The molecule has 0 unspecified atom stereocenters. The number of alkyl halides is 3. The molecule has 0 aliphatic carbocycles. The van der Waals surface area contributed by atoms with Gasteiger partial charge in [0.15, 0.2) is 0 Å². The summed E-state index contributed by atoms with van der Waals surface area (Å²) in [6, 6.07) is 7.31. The second kappa shape index (κ2) is 5.78. The number of aromatic nitrogens is 2. The van der Waals surface area contributed by atoms with Crippen molar-refractivity contribution in [3.05, 3.63) is 30.1 Å². The van der Waals surface area contributed by atoms with Gasteiger partial charge in [-0.3, -0.25) is 0 Å². The molecule has 20 heavy (non-hydrogen) atoms. The molecule has 108 valence electrons. The van der Waals surface area contributed by atoms with Crippen LogP contribution in [0.1, 0.15) is 18.7 Å². The van der Waals surface area contributed by atoms with Gasteiger partial charge in [-0.25, -0.2) is 4.98 Å². The summed E-state index contributed by atoms with van der Waals surface area (Å²) in [5, 5.41) is 0. The van der Waals surface area contributed by atoms with Crippen LogP contribution in [0.3, 0.4) is 0 Å². The van der Waals surface area contributed by atoms with Gasteiger partial charge in [0.25, 0.3) is 0 Å². The Balaban J connectivity index is 2.26. The van der Waals surface area contributed by atoms with Crippen LogP contribution in [-0.2, 0) is 13.0 Å². The zero-order valence-electron chi connectivity index (χ0n) is 10.7. The van der Waals surface area contributed by atoms with E-state index in [-0.39, 0.29) is 24.4 Å². The number of nitrogens with zero attached hydrogens (tertiary/aromatic N) is 2. The number of imidazole rings is 1. The van der Waals surface area contributed by atoms with E-state index in [9.17, 15) is 13.2 Å². The van der Waals surface area contributed by atoms with Crippen LogP contribution in [0, 0.1) is 0 Å². The lowest BCUT2D eigenvalue weighted by molar-refractivity contribution is -0.135. The maximum Gasteiger partial charge on any atom is 0.389 e.